The number of benzene rings is 2. The van der Waals surface area contributed by atoms with E-state index in [-0.39, 0.29) is 5.92 Å². The summed E-state index contributed by atoms with van der Waals surface area (Å²) in [7, 11) is 1.61. The van der Waals surface area contributed by atoms with Gasteiger partial charge in [0.25, 0.3) is 0 Å². The van der Waals surface area contributed by atoms with E-state index in [9.17, 15) is 5.11 Å². The van der Waals surface area contributed by atoms with Crippen molar-refractivity contribution in [2.45, 2.75) is 12.0 Å². The van der Waals surface area contributed by atoms with Crippen LogP contribution < -0.4 is 10.5 Å². The van der Waals surface area contributed by atoms with Crippen LogP contribution in [0.5, 0.6) is 5.75 Å². The third kappa shape index (κ3) is 2.96. The van der Waals surface area contributed by atoms with Gasteiger partial charge in [-0.3, -0.25) is 0 Å². The molecule has 2 atom stereocenters. The second-order valence-electron chi connectivity index (χ2n) is 4.55. The van der Waals surface area contributed by atoms with Crippen molar-refractivity contribution in [1.82, 2.24) is 0 Å². The zero-order valence-corrected chi connectivity index (χ0v) is 12.0. The van der Waals surface area contributed by atoms with E-state index in [2.05, 4.69) is 0 Å². The average molecular weight is 292 g/mol. The highest BCUT2D eigenvalue weighted by molar-refractivity contribution is 6.31. The van der Waals surface area contributed by atoms with Crippen molar-refractivity contribution in [1.29, 1.82) is 0 Å². The molecule has 0 radical (unpaired) electrons. The van der Waals surface area contributed by atoms with Crippen LogP contribution in [0.4, 0.5) is 0 Å². The molecular formula is C16H18ClNO2. The van der Waals surface area contributed by atoms with Crippen LogP contribution in [0.2, 0.25) is 5.02 Å². The largest absolute Gasteiger partial charge is 0.496 e. The number of halogens is 1. The lowest BCUT2D eigenvalue weighted by molar-refractivity contribution is 0.146. The third-order valence-electron chi connectivity index (χ3n) is 3.40. The molecule has 0 heterocycles. The molecule has 2 aromatic carbocycles. The number of methoxy groups -OCH3 is 1. The normalized spacial score (nSPS) is 13.8. The zero-order chi connectivity index (χ0) is 14.5. The molecule has 0 fully saturated rings. The predicted octanol–water partition coefficient (Wildman–Crippen LogP) is 3.12. The summed E-state index contributed by atoms with van der Waals surface area (Å²) < 4.78 is 5.34. The lowest BCUT2D eigenvalue weighted by atomic mass is 9.88. The van der Waals surface area contributed by atoms with E-state index in [0.717, 1.165) is 5.56 Å². The van der Waals surface area contributed by atoms with Crippen LogP contribution in [0, 0.1) is 0 Å². The Bertz CT molecular complexity index is 574. The summed E-state index contributed by atoms with van der Waals surface area (Å²) in [4.78, 5) is 0. The number of nitrogens with two attached hydrogens (primary N) is 1. The van der Waals surface area contributed by atoms with Crippen molar-refractivity contribution < 1.29 is 9.84 Å². The van der Waals surface area contributed by atoms with Crippen LogP contribution in [0.1, 0.15) is 23.1 Å². The van der Waals surface area contributed by atoms with Gasteiger partial charge in [0, 0.05) is 23.0 Å². The molecule has 0 saturated heterocycles. The highest BCUT2D eigenvalue weighted by Gasteiger charge is 2.25. The summed E-state index contributed by atoms with van der Waals surface area (Å²) in [5, 5.41) is 11.2. The minimum atomic E-state index is -0.773. The Hall–Kier alpha value is -1.55. The quantitative estimate of drug-likeness (QED) is 0.890. The first-order valence-corrected chi connectivity index (χ1v) is 6.82. The summed E-state index contributed by atoms with van der Waals surface area (Å²) in [6.07, 6.45) is -0.773. The van der Waals surface area contributed by atoms with Crippen LogP contribution in [-0.4, -0.2) is 18.8 Å². The first-order chi connectivity index (χ1) is 9.69. The van der Waals surface area contributed by atoms with Crippen molar-refractivity contribution in [3.63, 3.8) is 0 Å². The molecule has 3 nitrogen and oxygen atoms in total. The Morgan fingerprint density at radius 2 is 1.70 bits per heavy atom. The molecule has 2 aromatic rings. The molecule has 0 saturated carbocycles. The van der Waals surface area contributed by atoms with Crippen LogP contribution in [0.15, 0.2) is 48.5 Å². The second kappa shape index (κ2) is 6.75. The van der Waals surface area contributed by atoms with Crippen molar-refractivity contribution in [2.24, 2.45) is 5.73 Å². The van der Waals surface area contributed by atoms with Crippen molar-refractivity contribution in [2.75, 3.05) is 13.7 Å². The van der Waals surface area contributed by atoms with Gasteiger partial charge in [-0.05, 0) is 17.7 Å². The van der Waals surface area contributed by atoms with Gasteiger partial charge >= 0.3 is 0 Å². The van der Waals surface area contributed by atoms with E-state index < -0.39 is 6.10 Å². The van der Waals surface area contributed by atoms with E-state index in [1.807, 2.05) is 42.5 Å². The maximum absolute atomic E-state index is 10.6. The fourth-order valence-corrected chi connectivity index (χ4v) is 2.58. The van der Waals surface area contributed by atoms with E-state index in [1.165, 1.54) is 0 Å². The Balaban J connectivity index is 2.40. The van der Waals surface area contributed by atoms with Crippen LogP contribution in [0.3, 0.4) is 0 Å². The summed E-state index contributed by atoms with van der Waals surface area (Å²) in [5.41, 5.74) is 7.41. The number of aliphatic hydroxyl groups is 1. The molecule has 106 valence electrons. The van der Waals surface area contributed by atoms with Gasteiger partial charge in [-0.25, -0.2) is 0 Å². The molecule has 0 aliphatic heterocycles. The minimum absolute atomic E-state index is 0.272. The standard InChI is InChI=1S/C16H18ClNO2/c1-20-15-9-5-3-6-11(15)13(10-18)16(19)12-7-2-4-8-14(12)17/h2-9,13,16,19H,10,18H2,1H3. The Labute approximate surface area is 123 Å². The highest BCUT2D eigenvalue weighted by atomic mass is 35.5. The smallest absolute Gasteiger partial charge is 0.122 e. The summed E-state index contributed by atoms with van der Waals surface area (Å²) in [6, 6.07) is 14.8. The molecular weight excluding hydrogens is 274 g/mol. The second-order valence-corrected chi connectivity index (χ2v) is 4.96. The molecule has 3 N–H and O–H groups in total. The molecule has 20 heavy (non-hydrogen) atoms. The SMILES string of the molecule is COc1ccccc1C(CN)C(O)c1ccccc1Cl. The topological polar surface area (TPSA) is 55.5 Å². The maximum Gasteiger partial charge on any atom is 0.122 e. The van der Waals surface area contributed by atoms with Gasteiger partial charge in [-0.1, -0.05) is 48.0 Å². The van der Waals surface area contributed by atoms with E-state index in [4.69, 9.17) is 22.1 Å². The van der Waals surface area contributed by atoms with E-state index in [1.54, 1.807) is 13.2 Å². The summed E-state index contributed by atoms with van der Waals surface area (Å²) >= 11 is 6.15. The number of para-hydroxylation sites is 1. The number of rotatable bonds is 5. The third-order valence-corrected chi connectivity index (χ3v) is 3.74. The number of aliphatic hydroxyl groups excluding tert-OH is 1. The monoisotopic (exact) mass is 291 g/mol. The number of ether oxygens (including phenoxy) is 1. The van der Waals surface area contributed by atoms with Gasteiger partial charge in [0.15, 0.2) is 0 Å². The predicted molar refractivity (Wildman–Crippen MR) is 81.2 cm³/mol. The molecule has 0 amide bonds. The molecule has 0 spiro atoms. The molecule has 4 heteroatoms. The molecule has 0 aliphatic carbocycles. The van der Waals surface area contributed by atoms with Gasteiger partial charge in [0.1, 0.15) is 5.75 Å². The zero-order valence-electron chi connectivity index (χ0n) is 11.3. The Kier molecular flexibility index (Phi) is 5.01. The molecule has 2 rings (SSSR count). The first kappa shape index (κ1) is 14.9. The average Bonchev–Trinajstić information content (AvgIpc) is 2.49. The van der Waals surface area contributed by atoms with Crippen molar-refractivity contribution >= 4 is 11.6 Å². The van der Waals surface area contributed by atoms with Gasteiger partial charge in [-0.15, -0.1) is 0 Å². The lowest BCUT2D eigenvalue weighted by Crippen LogP contribution is -2.21. The first-order valence-electron chi connectivity index (χ1n) is 6.44. The molecule has 2 unspecified atom stereocenters. The fourth-order valence-electron chi connectivity index (χ4n) is 2.33. The summed E-state index contributed by atoms with van der Waals surface area (Å²) in [5.74, 6) is 0.445. The summed E-state index contributed by atoms with van der Waals surface area (Å²) in [6.45, 7) is 0.298. The minimum Gasteiger partial charge on any atom is -0.496 e. The van der Waals surface area contributed by atoms with Gasteiger partial charge < -0.3 is 15.6 Å². The van der Waals surface area contributed by atoms with Crippen LogP contribution in [0.25, 0.3) is 0 Å². The van der Waals surface area contributed by atoms with Crippen molar-refractivity contribution in [3.8, 4) is 5.75 Å². The lowest BCUT2D eigenvalue weighted by Gasteiger charge is -2.24. The van der Waals surface area contributed by atoms with E-state index >= 15 is 0 Å². The number of hydrogen-bond acceptors (Lipinski definition) is 3. The molecule has 0 bridgehead atoms. The maximum atomic E-state index is 10.6. The van der Waals surface area contributed by atoms with Crippen molar-refractivity contribution in [3.05, 3.63) is 64.7 Å². The van der Waals surface area contributed by atoms with Crippen LogP contribution in [-0.2, 0) is 0 Å². The van der Waals surface area contributed by atoms with Gasteiger partial charge in [0.2, 0.25) is 0 Å². The number of hydrogen-bond donors (Lipinski definition) is 2. The highest BCUT2D eigenvalue weighted by Crippen LogP contribution is 2.37. The Morgan fingerprint density at radius 3 is 2.30 bits per heavy atom. The van der Waals surface area contributed by atoms with E-state index in [0.29, 0.717) is 22.9 Å². The fraction of sp³-hybridized carbons (Fsp3) is 0.250. The van der Waals surface area contributed by atoms with Gasteiger partial charge in [-0.2, -0.15) is 0 Å². The molecule has 0 aromatic heterocycles. The van der Waals surface area contributed by atoms with Gasteiger partial charge in [0.05, 0.1) is 13.2 Å². The molecule has 0 aliphatic rings. The van der Waals surface area contributed by atoms with Crippen LogP contribution >= 0.6 is 11.6 Å². The Morgan fingerprint density at radius 1 is 1.10 bits per heavy atom.